The number of benzene rings is 1. The van der Waals surface area contributed by atoms with E-state index in [1.165, 1.54) is 25.3 Å². The van der Waals surface area contributed by atoms with Crippen LogP contribution >= 0.6 is 11.6 Å². The fourth-order valence-corrected chi connectivity index (χ4v) is 1.60. The molecule has 1 unspecified atom stereocenters. The molecule has 0 aliphatic heterocycles. The lowest BCUT2D eigenvalue weighted by molar-refractivity contribution is -0.125. The topological polar surface area (TPSA) is 107 Å². The third-order valence-electron chi connectivity index (χ3n) is 2.29. The van der Waals surface area contributed by atoms with Gasteiger partial charge in [-0.2, -0.15) is 0 Å². The molecule has 0 radical (unpaired) electrons. The van der Waals surface area contributed by atoms with Crippen molar-refractivity contribution < 1.29 is 14.3 Å². The minimum absolute atomic E-state index is 0.0649. The van der Waals surface area contributed by atoms with Gasteiger partial charge in [0.25, 0.3) is 5.91 Å². The number of rotatable bonds is 5. The van der Waals surface area contributed by atoms with E-state index in [9.17, 15) is 9.59 Å². The molecule has 0 saturated heterocycles. The fraction of sp³-hybridized carbons (Fsp3) is 0.273. The number of hydrogen-bond donors (Lipinski definition) is 3. The van der Waals surface area contributed by atoms with E-state index in [1.54, 1.807) is 0 Å². The van der Waals surface area contributed by atoms with Crippen molar-refractivity contribution in [3.05, 3.63) is 28.8 Å². The van der Waals surface area contributed by atoms with Crippen molar-refractivity contribution >= 4 is 29.1 Å². The van der Waals surface area contributed by atoms with Crippen LogP contribution in [0.15, 0.2) is 18.2 Å². The number of carbonyl (C=O) groups excluding carboxylic acids is 2. The Kier molecular flexibility index (Phi) is 5.08. The highest BCUT2D eigenvalue weighted by molar-refractivity contribution is 6.34. The van der Waals surface area contributed by atoms with Crippen LogP contribution in [0, 0.1) is 0 Å². The Labute approximate surface area is 109 Å². The summed E-state index contributed by atoms with van der Waals surface area (Å²) >= 11 is 5.85. The molecule has 18 heavy (non-hydrogen) atoms. The lowest BCUT2D eigenvalue weighted by atomic mass is 10.2. The van der Waals surface area contributed by atoms with E-state index in [-0.39, 0.29) is 23.0 Å². The SMILES string of the molecule is COC(CN)C(=O)Nc1ccc(C(N)=O)c(Cl)c1. The third kappa shape index (κ3) is 3.43. The van der Waals surface area contributed by atoms with Crippen molar-refractivity contribution in [1.29, 1.82) is 0 Å². The molecule has 0 aromatic heterocycles. The van der Waals surface area contributed by atoms with E-state index < -0.39 is 12.0 Å². The van der Waals surface area contributed by atoms with Gasteiger partial charge in [-0.1, -0.05) is 11.6 Å². The normalized spacial score (nSPS) is 11.9. The minimum Gasteiger partial charge on any atom is -0.370 e. The van der Waals surface area contributed by atoms with Crippen LogP contribution in [0.2, 0.25) is 5.02 Å². The minimum atomic E-state index is -0.736. The predicted octanol–water partition coefficient (Wildman–Crippen LogP) is 0.351. The van der Waals surface area contributed by atoms with Crippen molar-refractivity contribution in [1.82, 2.24) is 0 Å². The molecule has 2 amide bonds. The summed E-state index contributed by atoms with van der Waals surface area (Å²) in [6.07, 6.45) is -0.736. The van der Waals surface area contributed by atoms with Crippen LogP contribution in [0.4, 0.5) is 5.69 Å². The number of methoxy groups -OCH3 is 1. The van der Waals surface area contributed by atoms with E-state index in [2.05, 4.69) is 5.32 Å². The van der Waals surface area contributed by atoms with Gasteiger partial charge in [-0.15, -0.1) is 0 Å². The third-order valence-corrected chi connectivity index (χ3v) is 2.61. The molecule has 98 valence electrons. The Morgan fingerprint density at radius 3 is 2.61 bits per heavy atom. The molecule has 5 N–H and O–H groups in total. The van der Waals surface area contributed by atoms with Crippen LogP contribution in [-0.2, 0) is 9.53 Å². The second-order valence-corrected chi connectivity index (χ2v) is 3.92. The van der Waals surface area contributed by atoms with Crippen LogP contribution in [0.1, 0.15) is 10.4 Å². The maximum Gasteiger partial charge on any atom is 0.254 e. The predicted molar refractivity (Wildman–Crippen MR) is 68.5 cm³/mol. The molecule has 0 saturated carbocycles. The number of nitrogens with one attached hydrogen (secondary N) is 1. The lowest BCUT2D eigenvalue weighted by Crippen LogP contribution is -2.35. The van der Waals surface area contributed by atoms with Gasteiger partial charge < -0.3 is 21.5 Å². The van der Waals surface area contributed by atoms with Gasteiger partial charge in [0.2, 0.25) is 5.91 Å². The smallest absolute Gasteiger partial charge is 0.254 e. The van der Waals surface area contributed by atoms with Gasteiger partial charge >= 0.3 is 0 Å². The van der Waals surface area contributed by atoms with E-state index in [0.717, 1.165) is 0 Å². The summed E-state index contributed by atoms with van der Waals surface area (Å²) in [4.78, 5) is 22.6. The molecule has 1 atom stereocenters. The standard InChI is InChI=1S/C11H14ClN3O3/c1-18-9(5-13)11(17)15-6-2-3-7(10(14)16)8(12)4-6/h2-4,9H,5,13H2,1H3,(H2,14,16)(H,15,17). The Morgan fingerprint density at radius 1 is 1.50 bits per heavy atom. The summed E-state index contributed by atoms with van der Waals surface area (Å²) in [5.74, 6) is -1.02. The molecule has 7 heteroatoms. The Hall–Kier alpha value is -1.63. The van der Waals surface area contributed by atoms with Crippen molar-refractivity contribution in [3.8, 4) is 0 Å². The summed E-state index contributed by atoms with van der Waals surface area (Å²) in [6.45, 7) is 0.0649. The van der Waals surface area contributed by atoms with Gasteiger partial charge in [0.15, 0.2) is 0 Å². The van der Waals surface area contributed by atoms with Gasteiger partial charge in [-0.05, 0) is 18.2 Å². The molecule has 1 aromatic carbocycles. The van der Waals surface area contributed by atoms with Crippen molar-refractivity contribution in [3.63, 3.8) is 0 Å². The maximum absolute atomic E-state index is 11.7. The lowest BCUT2D eigenvalue weighted by Gasteiger charge is -2.13. The summed E-state index contributed by atoms with van der Waals surface area (Å²) in [6, 6.07) is 4.39. The number of ether oxygens (including phenoxy) is 1. The average molecular weight is 272 g/mol. The first-order chi connectivity index (χ1) is 8.49. The number of anilines is 1. The Morgan fingerprint density at radius 2 is 2.17 bits per heavy atom. The average Bonchev–Trinajstić information content (AvgIpc) is 2.30. The number of nitrogens with two attached hydrogens (primary N) is 2. The number of carbonyl (C=O) groups is 2. The molecule has 0 spiro atoms. The van der Waals surface area contributed by atoms with E-state index in [1.807, 2.05) is 0 Å². The van der Waals surface area contributed by atoms with Gasteiger partial charge in [-0.25, -0.2) is 0 Å². The summed E-state index contributed by atoms with van der Waals surface area (Å²) < 4.78 is 4.88. The van der Waals surface area contributed by atoms with Crippen LogP contribution in [-0.4, -0.2) is 31.6 Å². The molecule has 0 bridgehead atoms. The quantitative estimate of drug-likeness (QED) is 0.718. The molecule has 0 aliphatic carbocycles. The highest BCUT2D eigenvalue weighted by Crippen LogP contribution is 2.20. The zero-order chi connectivity index (χ0) is 13.7. The first-order valence-corrected chi connectivity index (χ1v) is 5.50. The zero-order valence-corrected chi connectivity index (χ0v) is 10.5. The molecular formula is C11H14ClN3O3. The number of hydrogen-bond acceptors (Lipinski definition) is 4. The molecule has 0 fully saturated rings. The monoisotopic (exact) mass is 271 g/mol. The number of primary amides is 1. The molecule has 1 rings (SSSR count). The Balaban J connectivity index is 2.83. The second kappa shape index (κ2) is 6.34. The molecule has 6 nitrogen and oxygen atoms in total. The molecule has 1 aromatic rings. The van der Waals surface area contributed by atoms with E-state index in [4.69, 9.17) is 27.8 Å². The summed E-state index contributed by atoms with van der Waals surface area (Å²) in [7, 11) is 1.39. The molecule has 0 aliphatic rings. The molecule has 0 heterocycles. The largest absolute Gasteiger partial charge is 0.370 e. The van der Waals surface area contributed by atoms with Gasteiger partial charge in [0, 0.05) is 19.3 Å². The first kappa shape index (κ1) is 14.4. The molecular weight excluding hydrogens is 258 g/mol. The second-order valence-electron chi connectivity index (χ2n) is 3.51. The first-order valence-electron chi connectivity index (χ1n) is 5.12. The van der Waals surface area contributed by atoms with E-state index >= 15 is 0 Å². The summed E-state index contributed by atoms with van der Waals surface area (Å²) in [5, 5.41) is 2.74. The van der Waals surface area contributed by atoms with Crippen molar-refractivity contribution in [2.75, 3.05) is 19.0 Å². The Bertz CT molecular complexity index is 461. The maximum atomic E-state index is 11.7. The van der Waals surface area contributed by atoms with Crippen molar-refractivity contribution in [2.45, 2.75) is 6.10 Å². The highest BCUT2D eigenvalue weighted by Gasteiger charge is 2.16. The van der Waals surface area contributed by atoms with Crippen LogP contribution in [0.5, 0.6) is 0 Å². The number of amides is 2. The van der Waals surface area contributed by atoms with Gasteiger partial charge in [-0.3, -0.25) is 9.59 Å². The zero-order valence-electron chi connectivity index (χ0n) is 9.77. The van der Waals surface area contributed by atoms with Gasteiger partial charge in [0.05, 0.1) is 10.6 Å². The van der Waals surface area contributed by atoms with Crippen LogP contribution in [0.25, 0.3) is 0 Å². The van der Waals surface area contributed by atoms with Crippen LogP contribution < -0.4 is 16.8 Å². The van der Waals surface area contributed by atoms with Crippen molar-refractivity contribution in [2.24, 2.45) is 11.5 Å². The number of halogens is 1. The van der Waals surface area contributed by atoms with Gasteiger partial charge in [0.1, 0.15) is 6.10 Å². The van der Waals surface area contributed by atoms with E-state index in [0.29, 0.717) is 5.69 Å². The summed E-state index contributed by atoms with van der Waals surface area (Å²) in [5.41, 5.74) is 11.1. The highest BCUT2D eigenvalue weighted by atomic mass is 35.5. The fourth-order valence-electron chi connectivity index (χ4n) is 1.33. The van der Waals surface area contributed by atoms with Crippen LogP contribution in [0.3, 0.4) is 0 Å².